The predicted octanol–water partition coefficient (Wildman–Crippen LogP) is 5.22. The van der Waals surface area contributed by atoms with Crippen LogP contribution in [0.1, 0.15) is 98.8 Å². The van der Waals surface area contributed by atoms with Gasteiger partial charge in [0.05, 0.1) is 0 Å². The van der Waals surface area contributed by atoms with Crippen LogP contribution in [-0.2, 0) is 24.3 Å². The summed E-state index contributed by atoms with van der Waals surface area (Å²) in [6, 6.07) is 0.432. The number of alkyl carbamates (subject to hydrolysis) is 1. The van der Waals surface area contributed by atoms with Crippen molar-refractivity contribution in [3.05, 3.63) is 0 Å². The molecular weight excluding hydrogens is 436 g/mol. The first kappa shape index (κ1) is 26.1. The normalized spacial score (nSPS) is 40.3. The van der Waals surface area contributed by atoms with Gasteiger partial charge in [-0.3, -0.25) is 0 Å². The summed E-state index contributed by atoms with van der Waals surface area (Å²) in [5.41, 5.74) is -0.460. The second-order valence-electron chi connectivity index (χ2n) is 12.3. The molecule has 1 amide bonds. The summed E-state index contributed by atoms with van der Waals surface area (Å²) in [7, 11) is 0. The largest absolute Gasteiger partial charge is 0.444 e. The van der Waals surface area contributed by atoms with Gasteiger partial charge in [0.15, 0.2) is 0 Å². The van der Waals surface area contributed by atoms with E-state index < -0.39 is 17.2 Å². The Kier molecular flexibility index (Phi) is 8.14. The molecule has 4 atom stereocenters. The highest BCUT2D eigenvalue weighted by atomic mass is 17.4. The van der Waals surface area contributed by atoms with Gasteiger partial charge in [0.1, 0.15) is 5.60 Å². The third kappa shape index (κ3) is 6.25. The first-order valence-corrected chi connectivity index (χ1v) is 13.5. The first-order valence-electron chi connectivity index (χ1n) is 13.5. The maximum Gasteiger partial charge on any atom is 0.407 e. The van der Waals surface area contributed by atoms with Crippen molar-refractivity contribution < 1.29 is 29.1 Å². The fraction of sp³-hybridized carbons (Fsp3) is 0.962. The maximum absolute atomic E-state index is 11.7. The summed E-state index contributed by atoms with van der Waals surface area (Å²) in [5, 5.41) is 6.44. The summed E-state index contributed by atoms with van der Waals surface area (Å²) in [5.74, 6) is 0.545. The Morgan fingerprint density at radius 2 is 1.62 bits per heavy atom. The minimum Gasteiger partial charge on any atom is -0.444 e. The molecule has 0 radical (unpaired) electrons. The van der Waals surface area contributed by atoms with E-state index in [2.05, 4.69) is 24.5 Å². The quantitative estimate of drug-likeness (QED) is 0.396. The van der Waals surface area contributed by atoms with E-state index in [0.717, 1.165) is 70.3 Å². The van der Waals surface area contributed by atoms with Gasteiger partial charge in [-0.25, -0.2) is 4.79 Å². The zero-order valence-corrected chi connectivity index (χ0v) is 21.8. The van der Waals surface area contributed by atoms with E-state index in [1.807, 2.05) is 20.8 Å². The highest BCUT2D eigenvalue weighted by Crippen LogP contribution is 2.55. The highest BCUT2D eigenvalue weighted by Gasteiger charge is 2.60. The molecule has 3 saturated carbocycles. The number of carbonyl (C=O) groups is 1. The maximum atomic E-state index is 11.7. The van der Waals surface area contributed by atoms with Crippen LogP contribution in [0.3, 0.4) is 0 Å². The fourth-order valence-corrected chi connectivity index (χ4v) is 6.43. The standard InChI is InChI=1S/C26H46N2O6/c1-18-14-20-16-19(2)26(21(15-18)17-20)33-31-25(32-34-26)10-8-22(9-11-25)27-12-6-7-13-28-23(29)30-24(3,4)5/h18-22,27H,6-17H2,1-5H3,(H,28,29). The van der Waals surface area contributed by atoms with Gasteiger partial charge < -0.3 is 15.4 Å². The van der Waals surface area contributed by atoms with Crippen molar-refractivity contribution in [2.75, 3.05) is 13.1 Å². The topological polar surface area (TPSA) is 87.3 Å². The van der Waals surface area contributed by atoms with Crippen LogP contribution in [0.2, 0.25) is 0 Å². The summed E-state index contributed by atoms with van der Waals surface area (Å²) >= 11 is 0. The van der Waals surface area contributed by atoms with E-state index in [1.54, 1.807) is 0 Å². The van der Waals surface area contributed by atoms with Crippen molar-refractivity contribution in [1.82, 2.24) is 10.6 Å². The van der Waals surface area contributed by atoms with E-state index in [-0.39, 0.29) is 12.0 Å². The van der Waals surface area contributed by atoms with Gasteiger partial charge in [0, 0.05) is 37.3 Å². The molecule has 4 unspecified atom stereocenters. The smallest absolute Gasteiger partial charge is 0.407 e. The second-order valence-corrected chi connectivity index (χ2v) is 12.3. The van der Waals surface area contributed by atoms with E-state index in [0.29, 0.717) is 24.4 Å². The lowest BCUT2D eigenvalue weighted by atomic mass is 9.62. The SMILES string of the molecule is CC1CC2CC(C)C3(OOC4(CCC(NCCCCNC(=O)OC(C)(C)C)CC4)OO3)C(C1)C2. The molecule has 34 heavy (non-hydrogen) atoms. The van der Waals surface area contributed by atoms with E-state index >= 15 is 0 Å². The first-order chi connectivity index (χ1) is 16.1. The summed E-state index contributed by atoms with van der Waals surface area (Å²) in [6.07, 6.45) is 9.65. The van der Waals surface area contributed by atoms with Crippen LogP contribution < -0.4 is 10.6 Å². The van der Waals surface area contributed by atoms with Crippen LogP contribution in [-0.4, -0.2) is 42.4 Å². The Labute approximate surface area is 205 Å². The van der Waals surface area contributed by atoms with Gasteiger partial charge in [-0.2, -0.15) is 19.6 Å². The second kappa shape index (κ2) is 10.6. The van der Waals surface area contributed by atoms with Crippen LogP contribution in [0, 0.1) is 23.7 Å². The van der Waals surface area contributed by atoms with Crippen molar-refractivity contribution in [3.8, 4) is 0 Å². The molecule has 8 nitrogen and oxygen atoms in total. The Balaban J connectivity index is 1.13. The molecule has 2 N–H and O–H groups in total. The number of carbonyl (C=O) groups excluding carboxylic acids is 1. The van der Waals surface area contributed by atoms with Crippen molar-refractivity contribution in [1.29, 1.82) is 0 Å². The van der Waals surface area contributed by atoms with E-state index in [9.17, 15) is 4.79 Å². The van der Waals surface area contributed by atoms with Gasteiger partial charge in [0.25, 0.3) is 0 Å². The molecule has 196 valence electrons. The molecular formula is C26H46N2O6. The molecule has 8 heteroatoms. The molecule has 4 fully saturated rings. The van der Waals surface area contributed by atoms with Gasteiger partial charge in [-0.15, -0.1) is 0 Å². The summed E-state index contributed by atoms with van der Waals surface area (Å²) in [4.78, 5) is 36.0. The zero-order chi connectivity index (χ0) is 24.4. The lowest BCUT2D eigenvalue weighted by molar-refractivity contribution is -0.677. The minimum absolute atomic E-state index is 0.268. The van der Waals surface area contributed by atoms with Crippen LogP contribution in [0.5, 0.6) is 0 Å². The molecule has 2 spiro atoms. The number of nitrogens with one attached hydrogen (secondary N) is 2. The van der Waals surface area contributed by atoms with Gasteiger partial charge in [-0.05, 0) is 90.5 Å². The number of hydrogen-bond donors (Lipinski definition) is 2. The Morgan fingerprint density at radius 1 is 0.941 bits per heavy atom. The number of rotatable bonds is 6. The predicted molar refractivity (Wildman–Crippen MR) is 127 cm³/mol. The average molecular weight is 483 g/mol. The van der Waals surface area contributed by atoms with Gasteiger partial charge in [0.2, 0.25) is 11.6 Å². The van der Waals surface area contributed by atoms with E-state index in [4.69, 9.17) is 24.3 Å². The lowest BCUT2D eigenvalue weighted by Crippen LogP contribution is -2.61. The fourth-order valence-electron chi connectivity index (χ4n) is 6.43. The molecule has 0 aromatic rings. The van der Waals surface area contributed by atoms with Crippen LogP contribution in [0.15, 0.2) is 0 Å². The van der Waals surface area contributed by atoms with Crippen LogP contribution in [0.4, 0.5) is 4.79 Å². The number of amides is 1. The zero-order valence-electron chi connectivity index (χ0n) is 21.8. The molecule has 4 rings (SSSR count). The molecule has 2 bridgehead atoms. The van der Waals surface area contributed by atoms with Gasteiger partial charge in [-0.1, -0.05) is 13.8 Å². The number of hydrogen-bond acceptors (Lipinski definition) is 7. The van der Waals surface area contributed by atoms with Crippen molar-refractivity contribution >= 4 is 6.09 Å². The molecule has 1 heterocycles. The third-order valence-electron chi connectivity index (χ3n) is 8.08. The molecule has 0 aromatic heterocycles. The summed E-state index contributed by atoms with van der Waals surface area (Å²) in [6.45, 7) is 11.7. The Bertz CT molecular complexity index is 673. The van der Waals surface area contributed by atoms with Crippen LogP contribution >= 0.6 is 0 Å². The molecule has 3 aliphatic carbocycles. The van der Waals surface area contributed by atoms with Gasteiger partial charge >= 0.3 is 6.09 Å². The van der Waals surface area contributed by atoms with E-state index in [1.165, 1.54) is 6.42 Å². The summed E-state index contributed by atoms with van der Waals surface area (Å²) < 4.78 is 5.25. The number of ether oxygens (including phenoxy) is 1. The Hall–Kier alpha value is -0.930. The molecule has 1 aliphatic heterocycles. The Morgan fingerprint density at radius 3 is 2.29 bits per heavy atom. The monoisotopic (exact) mass is 482 g/mol. The molecule has 0 aromatic carbocycles. The van der Waals surface area contributed by atoms with Crippen molar-refractivity contribution in [3.63, 3.8) is 0 Å². The third-order valence-corrected chi connectivity index (χ3v) is 8.08. The molecule has 1 saturated heterocycles. The highest BCUT2D eigenvalue weighted by molar-refractivity contribution is 5.67. The molecule has 4 aliphatic rings. The number of unbranched alkanes of at least 4 members (excludes halogenated alkanes) is 1. The minimum atomic E-state index is -0.780. The van der Waals surface area contributed by atoms with Crippen molar-refractivity contribution in [2.45, 2.75) is 122 Å². The van der Waals surface area contributed by atoms with Crippen LogP contribution in [0.25, 0.3) is 0 Å². The average Bonchev–Trinajstić information content (AvgIpc) is 2.76. The van der Waals surface area contributed by atoms with Crippen molar-refractivity contribution in [2.24, 2.45) is 23.7 Å². The number of fused-ring (bicyclic) bond motifs is 3. The lowest BCUT2D eigenvalue weighted by Gasteiger charge is -2.55.